The van der Waals surface area contributed by atoms with Gasteiger partial charge in [0, 0.05) is 44.5 Å². The molecule has 0 saturated carbocycles. The van der Waals surface area contributed by atoms with Crippen molar-refractivity contribution in [3.63, 3.8) is 0 Å². The molecule has 1 aromatic carbocycles. The molecule has 3 fully saturated rings. The molecule has 1 N–H and O–H groups in total. The number of likely N-dealkylation sites (N-methyl/N-ethyl adjacent to an activating group) is 1. The summed E-state index contributed by atoms with van der Waals surface area (Å²) in [5.41, 5.74) is 1.03. The molecule has 0 spiro atoms. The topological polar surface area (TPSA) is 91.4 Å². The average Bonchev–Trinajstić information content (AvgIpc) is 3.41. The summed E-state index contributed by atoms with van der Waals surface area (Å²) in [5.74, 6) is -0.726. The highest BCUT2D eigenvalue weighted by Crippen LogP contribution is 2.32. The fourth-order valence-corrected chi connectivity index (χ4v) is 5.22. The largest absolute Gasteiger partial charge is 0.377 e. The molecule has 3 aliphatic rings. The van der Waals surface area contributed by atoms with Crippen molar-refractivity contribution in [1.29, 1.82) is 0 Å². The SMILES string of the molecule is CCN1CCN(c2ccc(C(=O)N[C@H](C(=O)N3C[C@H](OC)[C@H]4OCC(=O)[C@H]43)C(C)(C)C)cc2)CC1. The van der Waals surface area contributed by atoms with Gasteiger partial charge >= 0.3 is 0 Å². The standard InChI is InChI=1S/C26H38N4O5/c1-6-28-11-13-29(14-12-28)18-9-7-17(8-10-18)24(32)27-23(26(2,3)4)25(33)30-15-20(34-5)22-21(30)19(31)16-35-22/h7-10,20-23H,6,11-16H2,1-5H3,(H,27,32)/t20-,21+,22+,23+/m0/s1. The van der Waals surface area contributed by atoms with Gasteiger partial charge in [0.2, 0.25) is 5.91 Å². The molecule has 2 amide bonds. The normalized spacial score (nSPS) is 26.1. The van der Waals surface area contributed by atoms with Gasteiger partial charge in [0.25, 0.3) is 5.91 Å². The monoisotopic (exact) mass is 486 g/mol. The molecule has 9 heteroatoms. The number of hydrogen-bond acceptors (Lipinski definition) is 7. The Kier molecular flexibility index (Phi) is 7.49. The Morgan fingerprint density at radius 2 is 1.80 bits per heavy atom. The number of likely N-dealkylation sites (tertiary alicyclic amines) is 1. The second kappa shape index (κ2) is 10.2. The van der Waals surface area contributed by atoms with Gasteiger partial charge in [-0.25, -0.2) is 0 Å². The van der Waals surface area contributed by atoms with Crippen LogP contribution >= 0.6 is 0 Å². The Morgan fingerprint density at radius 1 is 1.14 bits per heavy atom. The molecule has 0 radical (unpaired) electrons. The van der Waals surface area contributed by atoms with E-state index in [2.05, 4.69) is 22.0 Å². The van der Waals surface area contributed by atoms with Gasteiger partial charge in [-0.3, -0.25) is 14.4 Å². The van der Waals surface area contributed by atoms with Crippen molar-refractivity contribution in [2.45, 2.75) is 52.0 Å². The molecule has 0 aliphatic carbocycles. The molecule has 1 aromatic rings. The van der Waals surface area contributed by atoms with Crippen LogP contribution in [0.15, 0.2) is 24.3 Å². The highest BCUT2D eigenvalue weighted by molar-refractivity contribution is 5.99. The second-order valence-electron chi connectivity index (χ2n) is 10.7. The van der Waals surface area contributed by atoms with Gasteiger partial charge < -0.3 is 29.5 Å². The highest BCUT2D eigenvalue weighted by Gasteiger charge is 2.54. The van der Waals surface area contributed by atoms with E-state index in [9.17, 15) is 14.4 Å². The average molecular weight is 487 g/mol. The van der Waals surface area contributed by atoms with Gasteiger partial charge in [-0.1, -0.05) is 27.7 Å². The third-order valence-corrected chi connectivity index (χ3v) is 7.43. The van der Waals surface area contributed by atoms with Crippen molar-refractivity contribution in [3.05, 3.63) is 29.8 Å². The van der Waals surface area contributed by atoms with Crippen molar-refractivity contribution < 1.29 is 23.9 Å². The number of anilines is 1. The van der Waals surface area contributed by atoms with Crippen LogP contribution in [0.1, 0.15) is 38.1 Å². The number of benzene rings is 1. The number of fused-ring (bicyclic) bond motifs is 1. The van der Waals surface area contributed by atoms with E-state index < -0.39 is 23.6 Å². The maximum Gasteiger partial charge on any atom is 0.251 e. The van der Waals surface area contributed by atoms with Crippen LogP contribution in [-0.4, -0.2) is 105 Å². The van der Waals surface area contributed by atoms with E-state index >= 15 is 0 Å². The van der Waals surface area contributed by atoms with Gasteiger partial charge in [-0.05, 0) is 36.2 Å². The summed E-state index contributed by atoms with van der Waals surface area (Å²) in [6.45, 7) is 13.2. The molecule has 0 unspecified atom stereocenters. The number of ketones is 1. The first kappa shape index (κ1) is 25.6. The first-order valence-electron chi connectivity index (χ1n) is 12.5. The van der Waals surface area contributed by atoms with Crippen molar-refractivity contribution in [3.8, 4) is 0 Å². The van der Waals surface area contributed by atoms with E-state index in [-0.39, 0.29) is 36.9 Å². The fraction of sp³-hybridized carbons (Fsp3) is 0.654. The Balaban J connectivity index is 1.46. The van der Waals surface area contributed by atoms with E-state index in [1.165, 1.54) is 4.90 Å². The minimum Gasteiger partial charge on any atom is -0.377 e. The summed E-state index contributed by atoms with van der Waals surface area (Å²) in [6.07, 6.45) is -0.821. The summed E-state index contributed by atoms with van der Waals surface area (Å²) in [5, 5.41) is 2.95. The minimum atomic E-state index is -0.804. The third-order valence-electron chi connectivity index (χ3n) is 7.43. The number of amides is 2. The van der Waals surface area contributed by atoms with Gasteiger partial charge in [0.05, 0.1) is 6.54 Å². The third kappa shape index (κ3) is 5.22. The molecule has 192 valence electrons. The lowest BCUT2D eigenvalue weighted by Gasteiger charge is -2.35. The van der Waals surface area contributed by atoms with Crippen LogP contribution in [0.3, 0.4) is 0 Å². The number of ether oxygens (including phenoxy) is 2. The zero-order valence-corrected chi connectivity index (χ0v) is 21.5. The number of rotatable bonds is 6. The molecule has 3 aliphatic heterocycles. The summed E-state index contributed by atoms with van der Waals surface area (Å²) in [6, 6.07) is 6.08. The predicted octanol–water partition coefficient (Wildman–Crippen LogP) is 1.17. The molecule has 9 nitrogen and oxygen atoms in total. The van der Waals surface area contributed by atoms with Crippen molar-refractivity contribution in [2.24, 2.45) is 5.41 Å². The summed E-state index contributed by atoms with van der Waals surface area (Å²) < 4.78 is 11.1. The van der Waals surface area contributed by atoms with Crippen LogP contribution < -0.4 is 10.2 Å². The maximum atomic E-state index is 13.7. The second-order valence-corrected chi connectivity index (χ2v) is 10.7. The number of nitrogens with one attached hydrogen (secondary N) is 1. The Bertz CT molecular complexity index is 936. The lowest BCUT2D eigenvalue weighted by molar-refractivity contribution is -0.140. The van der Waals surface area contributed by atoms with Crippen molar-refractivity contribution >= 4 is 23.3 Å². The number of piperazine rings is 1. The number of methoxy groups -OCH3 is 1. The van der Waals surface area contributed by atoms with E-state index in [0.29, 0.717) is 5.56 Å². The van der Waals surface area contributed by atoms with Crippen LogP contribution in [0.25, 0.3) is 0 Å². The Hall–Kier alpha value is -2.49. The quantitative estimate of drug-likeness (QED) is 0.645. The van der Waals surface area contributed by atoms with E-state index in [4.69, 9.17) is 9.47 Å². The lowest BCUT2D eigenvalue weighted by atomic mass is 9.85. The molecule has 0 bridgehead atoms. The maximum absolute atomic E-state index is 13.7. The molecule has 0 aromatic heterocycles. The van der Waals surface area contributed by atoms with Crippen LogP contribution in [0.4, 0.5) is 5.69 Å². The highest BCUT2D eigenvalue weighted by atomic mass is 16.5. The van der Waals surface area contributed by atoms with Gasteiger partial charge in [0.15, 0.2) is 5.78 Å². The summed E-state index contributed by atoms with van der Waals surface area (Å²) in [4.78, 5) is 45.6. The predicted molar refractivity (Wildman–Crippen MR) is 133 cm³/mol. The lowest BCUT2D eigenvalue weighted by Crippen LogP contribution is -2.57. The number of nitrogens with zero attached hydrogens (tertiary/aromatic N) is 3. The summed E-state index contributed by atoms with van der Waals surface area (Å²) >= 11 is 0. The molecular formula is C26H38N4O5. The zero-order valence-electron chi connectivity index (χ0n) is 21.5. The smallest absolute Gasteiger partial charge is 0.251 e. The first-order valence-corrected chi connectivity index (χ1v) is 12.5. The van der Waals surface area contributed by atoms with Crippen LogP contribution in [0.2, 0.25) is 0 Å². The van der Waals surface area contributed by atoms with Crippen molar-refractivity contribution in [1.82, 2.24) is 15.1 Å². The molecule has 3 heterocycles. The van der Waals surface area contributed by atoms with Gasteiger partial charge in [0.1, 0.15) is 30.9 Å². The van der Waals surface area contributed by atoms with E-state index in [0.717, 1.165) is 38.4 Å². The van der Waals surface area contributed by atoms with Gasteiger partial charge in [-0.2, -0.15) is 0 Å². The van der Waals surface area contributed by atoms with E-state index in [1.807, 2.05) is 45.0 Å². The number of hydrogen-bond donors (Lipinski definition) is 1. The minimum absolute atomic E-state index is 0.0225. The fourth-order valence-electron chi connectivity index (χ4n) is 5.22. The van der Waals surface area contributed by atoms with Crippen molar-refractivity contribution in [2.75, 3.05) is 57.9 Å². The van der Waals surface area contributed by atoms with Crippen LogP contribution in [0.5, 0.6) is 0 Å². The number of Topliss-reactive ketones (excluding diaryl/α,β-unsaturated/α-hetero) is 1. The van der Waals surface area contributed by atoms with Gasteiger partial charge in [-0.15, -0.1) is 0 Å². The zero-order chi connectivity index (χ0) is 25.3. The molecule has 35 heavy (non-hydrogen) atoms. The number of carbonyl (C=O) groups excluding carboxylic acids is 3. The molecular weight excluding hydrogens is 448 g/mol. The summed E-state index contributed by atoms with van der Waals surface area (Å²) in [7, 11) is 1.55. The van der Waals surface area contributed by atoms with Crippen LogP contribution in [0, 0.1) is 5.41 Å². The molecule has 4 rings (SSSR count). The Morgan fingerprint density at radius 3 is 2.37 bits per heavy atom. The molecule has 3 saturated heterocycles. The first-order chi connectivity index (χ1) is 16.6. The number of carbonyl (C=O) groups is 3. The molecule has 4 atom stereocenters. The Labute approximate surface area is 207 Å². The van der Waals surface area contributed by atoms with E-state index in [1.54, 1.807) is 7.11 Å². The van der Waals surface area contributed by atoms with Crippen LogP contribution in [-0.2, 0) is 19.1 Å².